The molecule has 0 aromatic rings. The Morgan fingerprint density at radius 2 is 1.68 bits per heavy atom. The molecule has 0 spiro atoms. The zero-order valence-electron chi connectivity index (χ0n) is 12.0. The largest absolute Gasteiger partial charge is 0.444 e. The van der Waals surface area contributed by atoms with Crippen LogP contribution in [-0.4, -0.2) is 29.7 Å². The molecule has 0 aromatic heterocycles. The number of rotatable bonds is 3. The van der Waals surface area contributed by atoms with Gasteiger partial charge >= 0.3 is 6.09 Å². The molecular weight excluding hydrogens is 244 g/mol. The summed E-state index contributed by atoms with van der Waals surface area (Å²) >= 11 is 0. The lowest BCUT2D eigenvalue weighted by atomic mass is 9.90. The smallest absolute Gasteiger partial charge is 0.407 e. The van der Waals surface area contributed by atoms with E-state index in [0.717, 1.165) is 25.7 Å². The Kier molecular flexibility index (Phi) is 5.39. The first-order valence-corrected chi connectivity index (χ1v) is 6.74. The number of carbonyl (C=O) groups is 2. The number of alkyl carbamates (subject to hydrolysis) is 1. The molecule has 1 aliphatic carbocycles. The van der Waals surface area contributed by atoms with Crippen molar-refractivity contribution in [3.05, 3.63) is 12.7 Å². The van der Waals surface area contributed by atoms with Gasteiger partial charge in [0.05, 0.1) is 6.04 Å². The zero-order valence-corrected chi connectivity index (χ0v) is 12.0. The van der Waals surface area contributed by atoms with Crippen molar-refractivity contribution in [1.82, 2.24) is 10.6 Å². The van der Waals surface area contributed by atoms with Crippen molar-refractivity contribution in [3.8, 4) is 0 Å². The zero-order chi connectivity index (χ0) is 14.5. The standard InChI is InChI=1S/C14H24N2O3/c1-5-12(17)15-10-8-6-7-9-11(10)16-13(18)19-14(2,3)4/h5,10-11H,1,6-9H2,2-4H3,(H,15,17)(H,16,18). The fraction of sp³-hybridized carbons (Fsp3) is 0.714. The molecular formula is C14H24N2O3. The van der Waals surface area contributed by atoms with Crippen LogP contribution in [0.2, 0.25) is 0 Å². The van der Waals surface area contributed by atoms with E-state index in [1.54, 1.807) is 0 Å². The van der Waals surface area contributed by atoms with Gasteiger partial charge in [-0.15, -0.1) is 0 Å². The van der Waals surface area contributed by atoms with Crippen LogP contribution in [-0.2, 0) is 9.53 Å². The van der Waals surface area contributed by atoms with Gasteiger partial charge in [0.25, 0.3) is 0 Å². The maximum Gasteiger partial charge on any atom is 0.407 e. The fourth-order valence-corrected chi connectivity index (χ4v) is 2.18. The highest BCUT2D eigenvalue weighted by molar-refractivity contribution is 5.87. The van der Waals surface area contributed by atoms with Crippen LogP contribution >= 0.6 is 0 Å². The molecule has 5 nitrogen and oxygen atoms in total. The number of hydrogen-bond donors (Lipinski definition) is 2. The summed E-state index contributed by atoms with van der Waals surface area (Å²) in [5.74, 6) is -0.206. The summed E-state index contributed by atoms with van der Waals surface area (Å²) in [6, 6.07) is -0.126. The van der Waals surface area contributed by atoms with Crippen LogP contribution in [0.15, 0.2) is 12.7 Å². The van der Waals surface area contributed by atoms with E-state index in [1.807, 2.05) is 20.8 Å². The first kappa shape index (κ1) is 15.5. The summed E-state index contributed by atoms with van der Waals surface area (Å²) in [6.45, 7) is 8.91. The average molecular weight is 268 g/mol. The van der Waals surface area contributed by atoms with E-state index in [-0.39, 0.29) is 18.0 Å². The van der Waals surface area contributed by atoms with E-state index in [1.165, 1.54) is 6.08 Å². The molecule has 0 saturated heterocycles. The second-order valence-electron chi connectivity index (χ2n) is 5.86. The first-order chi connectivity index (χ1) is 8.81. The van der Waals surface area contributed by atoms with Crippen LogP contribution in [0, 0.1) is 0 Å². The molecule has 0 heterocycles. The lowest BCUT2D eigenvalue weighted by Gasteiger charge is -2.33. The molecule has 2 N–H and O–H groups in total. The molecule has 1 aliphatic rings. The number of carbonyl (C=O) groups excluding carboxylic acids is 2. The Labute approximate surface area is 114 Å². The second-order valence-corrected chi connectivity index (χ2v) is 5.86. The normalized spacial score (nSPS) is 23.3. The molecule has 1 rings (SSSR count). The van der Waals surface area contributed by atoms with Crippen LogP contribution in [0.1, 0.15) is 46.5 Å². The molecule has 0 aromatic carbocycles. The van der Waals surface area contributed by atoms with Gasteiger partial charge in [0, 0.05) is 6.04 Å². The Morgan fingerprint density at radius 1 is 1.16 bits per heavy atom. The highest BCUT2D eigenvalue weighted by Crippen LogP contribution is 2.19. The second kappa shape index (κ2) is 6.59. The van der Waals surface area contributed by atoms with Crippen LogP contribution < -0.4 is 10.6 Å². The van der Waals surface area contributed by atoms with Gasteiger partial charge in [-0.2, -0.15) is 0 Å². The minimum absolute atomic E-state index is 0.0493. The average Bonchev–Trinajstić information content (AvgIpc) is 2.29. The summed E-state index contributed by atoms with van der Waals surface area (Å²) in [7, 11) is 0. The Bertz CT molecular complexity index is 347. The van der Waals surface area contributed by atoms with Crippen molar-refractivity contribution in [3.63, 3.8) is 0 Å². The third-order valence-corrected chi connectivity index (χ3v) is 2.98. The van der Waals surface area contributed by atoms with Gasteiger partial charge in [-0.05, 0) is 39.7 Å². The molecule has 0 bridgehead atoms. The molecule has 0 radical (unpaired) electrons. The van der Waals surface area contributed by atoms with Gasteiger partial charge in [0.1, 0.15) is 5.60 Å². The summed E-state index contributed by atoms with van der Waals surface area (Å²) in [4.78, 5) is 23.1. The van der Waals surface area contributed by atoms with Crippen LogP contribution in [0.3, 0.4) is 0 Å². The quantitative estimate of drug-likeness (QED) is 0.770. The van der Waals surface area contributed by atoms with Crippen molar-refractivity contribution in [2.24, 2.45) is 0 Å². The van der Waals surface area contributed by atoms with Crippen molar-refractivity contribution in [1.29, 1.82) is 0 Å². The molecule has 0 aliphatic heterocycles. The predicted octanol–water partition coefficient (Wildman–Crippen LogP) is 2.12. The van der Waals surface area contributed by atoms with Crippen molar-refractivity contribution in [2.45, 2.75) is 64.1 Å². The fourth-order valence-electron chi connectivity index (χ4n) is 2.18. The Morgan fingerprint density at radius 3 is 2.16 bits per heavy atom. The van der Waals surface area contributed by atoms with E-state index >= 15 is 0 Å². The van der Waals surface area contributed by atoms with Crippen molar-refractivity contribution in [2.75, 3.05) is 0 Å². The lowest BCUT2D eigenvalue weighted by molar-refractivity contribution is -0.117. The highest BCUT2D eigenvalue weighted by atomic mass is 16.6. The van der Waals surface area contributed by atoms with Gasteiger partial charge in [-0.1, -0.05) is 19.4 Å². The van der Waals surface area contributed by atoms with Crippen LogP contribution in [0.4, 0.5) is 4.79 Å². The van der Waals surface area contributed by atoms with E-state index in [9.17, 15) is 9.59 Å². The maximum atomic E-state index is 11.8. The van der Waals surface area contributed by atoms with Gasteiger partial charge in [0.2, 0.25) is 5.91 Å². The van der Waals surface area contributed by atoms with E-state index < -0.39 is 11.7 Å². The minimum Gasteiger partial charge on any atom is -0.444 e. The minimum atomic E-state index is -0.515. The SMILES string of the molecule is C=CC(=O)NC1CCCCC1NC(=O)OC(C)(C)C. The van der Waals surface area contributed by atoms with Gasteiger partial charge in [-0.3, -0.25) is 4.79 Å². The summed E-state index contributed by atoms with van der Waals surface area (Å²) in [5, 5.41) is 5.70. The predicted molar refractivity (Wildman–Crippen MR) is 73.8 cm³/mol. The van der Waals surface area contributed by atoms with E-state index in [4.69, 9.17) is 4.74 Å². The van der Waals surface area contributed by atoms with Gasteiger partial charge < -0.3 is 15.4 Å². The summed E-state index contributed by atoms with van der Waals surface area (Å²) in [5.41, 5.74) is -0.515. The number of ether oxygens (including phenoxy) is 1. The third-order valence-electron chi connectivity index (χ3n) is 2.98. The van der Waals surface area contributed by atoms with E-state index in [2.05, 4.69) is 17.2 Å². The molecule has 1 fully saturated rings. The van der Waals surface area contributed by atoms with Crippen molar-refractivity contribution >= 4 is 12.0 Å². The molecule has 2 amide bonds. The topological polar surface area (TPSA) is 67.4 Å². The Balaban J connectivity index is 2.54. The van der Waals surface area contributed by atoms with E-state index in [0.29, 0.717) is 0 Å². The Hall–Kier alpha value is -1.52. The molecule has 5 heteroatoms. The third kappa shape index (κ3) is 5.77. The van der Waals surface area contributed by atoms with Crippen molar-refractivity contribution < 1.29 is 14.3 Å². The van der Waals surface area contributed by atoms with Gasteiger partial charge in [-0.25, -0.2) is 4.79 Å². The molecule has 108 valence electrons. The highest BCUT2D eigenvalue weighted by Gasteiger charge is 2.28. The molecule has 2 unspecified atom stereocenters. The molecule has 1 saturated carbocycles. The summed E-state index contributed by atoms with van der Waals surface area (Å²) in [6.07, 6.45) is 4.62. The van der Waals surface area contributed by atoms with Gasteiger partial charge in [0.15, 0.2) is 0 Å². The molecule has 19 heavy (non-hydrogen) atoms. The number of amides is 2. The first-order valence-electron chi connectivity index (χ1n) is 6.74. The monoisotopic (exact) mass is 268 g/mol. The summed E-state index contributed by atoms with van der Waals surface area (Å²) < 4.78 is 5.24. The van der Waals surface area contributed by atoms with Crippen LogP contribution in [0.25, 0.3) is 0 Å². The van der Waals surface area contributed by atoms with Crippen LogP contribution in [0.5, 0.6) is 0 Å². The number of nitrogens with one attached hydrogen (secondary N) is 2. The molecule has 2 atom stereocenters. The maximum absolute atomic E-state index is 11.8. The number of hydrogen-bond acceptors (Lipinski definition) is 3. The lowest BCUT2D eigenvalue weighted by Crippen LogP contribution is -2.53.